The fraction of sp³-hybridized carbons (Fsp3) is 0.615. The molecule has 218 valence electrons. The van der Waals surface area contributed by atoms with Crippen LogP contribution in [0.1, 0.15) is 57.8 Å². The second kappa shape index (κ2) is 13.6. The second-order valence-corrected chi connectivity index (χ2v) is 10.1. The summed E-state index contributed by atoms with van der Waals surface area (Å²) in [4.78, 5) is 52.1. The molecular formula is C26H37F3N4O6. The molecule has 0 aromatic heterocycles. The van der Waals surface area contributed by atoms with Gasteiger partial charge >= 0.3 is 18.2 Å². The smallest absolute Gasteiger partial charge is 0.416 e. The number of aliphatic hydroxyl groups excluding tert-OH is 1. The third kappa shape index (κ3) is 8.57. The molecule has 0 radical (unpaired) electrons. The van der Waals surface area contributed by atoms with Gasteiger partial charge in [-0.15, -0.1) is 0 Å². The number of carbonyl (C=O) groups excluding carboxylic acids is 4. The summed E-state index contributed by atoms with van der Waals surface area (Å²) in [6.45, 7) is 8.39. The molecule has 1 aromatic carbocycles. The number of ether oxygens (including phenoxy) is 1. The second-order valence-electron chi connectivity index (χ2n) is 10.1. The number of hydrogen-bond donors (Lipinski definition) is 4. The Morgan fingerprint density at radius 1 is 1.05 bits per heavy atom. The summed E-state index contributed by atoms with van der Waals surface area (Å²) < 4.78 is 44.3. The molecule has 1 aliphatic rings. The van der Waals surface area contributed by atoms with Gasteiger partial charge in [0.05, 0.1) is 18.2 Å². The predicted octanol–water partition coefficient (Wildman–Crippen LogP) is 3.06. The Labute approximate surface area is 225 Å². The van der Waals surface area contributed by atoms with Gasteiger partial charge in [0, 0.05) is 12.2 Å². The first-order chi connectivity index (χ1) is 18.2. The quantitative estimate of drug-likeness (QED) is 0.326. The fourth-order valence-corrected chi connectivity index (χ4v) is 4.28. The lowest BCUT2D eigenvalue weighted by Gasteiger charge is -2.33. The van der Waals surface area contributed by atoms with Crippen LogP contribution in [0.3, 0.4) is 0 Å². The summed E-state index contributed by atoms with van der Waals surface area (Å²) in [6.07, 6.45) is -7.00. The Morgan fingerprint density at radius 2 is 1.67 bits per heavy atom. The Hall–Kier alpha value is -3.35. The highest BCUT2D eigenvalue weighted by Gasteiger charge is 2.47. The molecule has 1 fully saturated rings. The minimum atomic E-state index is -4.92. The predicted molar refractivity (Wildman–Crippen MR) is 137 cm³/mol. The van der Waals surface area contributed by atoms with Crippen LogP contribution in [0.5, 0.6) is 0 Å². The number of nitrogens with one attached hydrogen (secondary N) is 3. The van der Waals surface area contributed by atoms with Crippen molar-refractivity contribution >= 4 is 29.5 Å². The Balaban J connectivity index is 2.09. The van der Waals surface area contributed by atoms with Gasteiger partial charge in [-0.05, 0) is 55.9 Å². The van der Waals surface area contributed by atoms with Crippen LogP contribution in [-0.2, 0) is 14.3 Å². The van der Waals surface area contributed by atoms with Gasteiger partial charge in [0.2, 0.25) is 11.8 Å². The average molecular weight is 559 g/mol. The Morgan fingerprint density at radius 3 is 2.18 bits per heavy atom. The van der Waals surface area contributed by atoms with Gasteiger partial charge < -0.3 is 30.7 Å². The molecular weight excluding hydrogens is 521 g/mol. The van der Waals surface area contributed by atoms with E-state index >= 15 is 0 Å². The lowest BCUT2D eigenvalue weighted by atomic mass is 9.97. The number of aliphatic hydroxyl groups is 1. The van der Waals surface area contributed by atoms with Crippen molar-refractivity contribution < 1.29 is 42.2 Å². The van der Waals surface area contributed by atoms with E-state index in [0.717, 1.165) is 0 Å². The van der Waals surface area contributed by atoms with Crippen LogP contribution in [0.25, 0.3) is 0 Å². The molecule has 4 atom stereocenters. The number of alkyl halides is 3. The molecule has 0 saturated carbocycles. The van der Waals surface area contributed by atoms with Gasteiger partial charge in [-0.1, -0.05) is 27.7 Å². The van der Waals surface area contributed by atoms with E-state index in [1.807, 2.05) is 0 Å². The third-order valence-electron chi connectivity index (χ3n) is 6.41. The SMILES string of the molecule is CCOC(=O)c1ccc(NC(=O)N[C@H](C(=O)N2CCC[C@H]2C(=O)NC(C(C)C)C(O)C(F)(F)F)C(C)C)cc1. The van der Waals surface area contributed by atoms with Crippen LogP contribution in [0.2, 0.25) is 0 Å². The van der Waals surface area contributed by atoms with E-state index in [1.165, 1.54) is 43.0 Å². The minimum absolute atomic E-state index is 0.187. The van der Waals surface area contributed by atoms with Crippen LogP contribution >= 0.6 is 0 Å². The minimum Gasteiger partial charge on any atom is -0.462 e. The number of urea groups is 1. The molecule has 0 aliphatic carbocycles. The van der Waals surface area contributed by atoms with E-state index in [4.69, 9.17) is 4.74 Å². The Bertz CT molecular complexity index is 1020. The van der Waals surface area contributed by atoms with Crippen molar-refractivity contribution in [1.29, 1.82) is 0 Å². The number of anilines is 1. The summed E-state index contributed by atoms with van der Waals surface area (Å²) in [5, 5.41) is 17.2. The van der Waals surface area contributed by atoms with Gasteiger partial charge in [0.1, 0.15) is 12.1 Å². The third-order valence-corrected chi connectivity index (χ3v) is 6.41. The monoisotopic (exact) mass is 558 g/mol. The van der Waals surface area contributed by atoms with E-state index in [-0.39, 0.29) is 25.5 Å². The van der Waals surface area contributed by atoms with Crippen LogP contribution < -0.4 is 16.0 Å². The number of esters is 1. The molecule has 1 heterocycles. The number of hydrogen-bond acceptors (Lipinski definition) is 6. The maximum Gasteiger partial charge on any atom is 0.416 e. The highest BCUT2D eigenvalue weighted by molar-refractivity contribution is 5.96. The van der Waals surface area contributed by atoms with E-state index in [1.54, 1.807) is 20.8 Å². The number of halogens is 3. The Kier molecular flexibility index (Phi) is 11.1. The first kappa shape index (κ1) is 31.9. The van der Waals surface area contributed by atoms with Crippen molar-refractivity contribution in [2.45, 2.75) is 77.9 Å². The summed E-state index contributed by atoms with van der Waals surface area (Å²) >= 11 is 0. The van der Waals surface area contributed by atoms with Crippen molar-refractivity contribution in [2.75, 3.05) is 18.5 Å². The molecule has 4 N–H and O–H groups in total. The van der Waals surface area contributed by atoms with Gasteiger partial charge in [0.15, 0.2) is 6.10 Å². The van der Waals surface area contributed by atoms with Crippen molar-refractivity contribution in [3.05, 3.63) is 29.8 Å². The zero-order valence-corrected chi connectivity index (χ0v) is 22.7. The van der Waals surface area contributed by atoms with Crippen molar-refractivity contribution in [1.82, 2.24) is 15.5 Å². The zero-order valence-electron chi connectivity index (χ0n) is 22.7. The first-order valence-electron chi connectivity index (χ1n) is 12.9. The van der Waals surface area contributed by atoms with Crippen LogP contribution in [0.4, 0.5) is 23.7 Å². The number of benzene rings is 1. The fourth-order valence-electron chi connectivity index (χ4n) is 4.28. The molecule has 0 bridgehead atoms. The summed E-state index contributed by atoms with van der Waals surface area (Å²) in [5.41, 5.74) is 0.663. The maximum atomic E-state index is 13.4. The average Bonchev–Trinajstić information content (AvgIpc) is 3.35. The molecule has 1 saturated heterocycles. The topological polar surface area (TPSA) is 137 Å². The number of carbonyl (C=O) groups is 4. The number of likely N-dealkylation sites (tertiary alicyclic amines) is 1. The van der Waals surface area contributed by atoms with Crippen molar-refractivity contribution in [2.24, 2.45) is 11.8 Å². The van der Waals surface area contributed by atoms with Crippen LogP contribution in [-0.4, -0.2) is 77.4 Å². The van der Waals surface area contributed by atoms with E-state index in [2.05, 4.69) is 16.0 Å². The lowest BCUT2D eigenvalue weighted by Crippen LogP contribution is -2.59. The first-order valence-corrected chi connectivity index (χ1v) is 12.9. The molecule has 2 rings (SSSR count). The summed E-state index contributed by atoms with van der Waals surface area (Å²) in [5.74, 6) is -2.95. The maximum absolute atomic E-state index is 13.4. The zero-order chi connectivity index (χ0) is 29.5. The molecule has 39 heavy (non-hydrogen) atoms. The number of amides is 4. The van der Waals surface area contributed by atoms with Crippen molar-refractivity contribution in [3.8, 4) is 0 Å². The van der Waals surface area contributed by atoms with E-state index < -0.39 is 60.1 Å². The van der Waals surface area contributed by atoms with E-state index in [0.29, 0.717) is 17.7 Å². The molecule has 0 spiro atoms. The van der Waals surface area contributed by atoms with Crippen LogP contribution in [0.15, 0.2) is 24.3 Å². The normalized spacial score (nSPS) is 17.9. The lowest BCUT2D eigenvalue weighted by molar-refractivity contribution is -0.215. The molecule has 1 aromatic rings. The van der Waals surface area contributed by atoms with Gasteiger partial charge in [-0.3, -0.25) is 9.59 Å². The summed E-state index contributed by atoms with van der Waals surface area (Å²) in [6, 6.07) is 1.60. The highest BCUT2D eigenvalue weighted by atomic mass is 19.4. The molecule has 13 heteroatoms. The van der Waals surface area contributed by atoms with Crippen LogP contribution in [0, 0.1) is 11.8 Å². The van der Waals surface area contributed by atoms with Gasteiger partial charge in [-0.2, -0.15) is 13.2 Å². The highest BCUT2D eigenvalue weighted by Crippen LogP contribution is 2.27. The number of nitrogens with zero attached hydrogens (tertiary/aromatic N) is 1. The van der Waals surface area contributed by atoms with Crippen molar-refractivity contribution in [3.63, 3.8) is 0 Å². The summed E-state index contributed by atoms with van der Waals surface area (Å²) in [7, 11) is 0. The molecule has 4 amide bonds. The molecule has 2 unspecified atom stereocenters. The van der Waals surface area contributed by atoms with E-state index in [9.17, 15) is 37.5 Å². The van der Waals surface area contributed by atoms with Gasteiger partial charge in [-0.25, -0.2) is 9.59 Å². The standard InChI is InChI=1S/C26H37F3N4O6/c1-6-39-24(37)16-9-11-17(12-10-16)30-25(38)32-20(15(4)5)23(36)33-13-7-8-18(33)22(35)31-19(14(2)3)21(34)26(27,28)29/h9-12,14-15,18-21,34H,6-8,13H2,1-5H3,(H,31,35)(H2,30,32,38)/t18-,19?,20-,21?/m0/s1. The largest absolute Gasteiger partial charge is 0.462 e. The van der Waals surface area contributed by atoms with Gasteiger partial charge in [0.25, 0.3) is 0 Å². The molecule has 1 aliphatic heterocycles. The molecule has 10 nitrogen and oxygen atoms in total. The number of rotatable bonds is 10.